The fourth-order valence-corrected chi connectivity index (χ4v) is 3.47. The van der Waals surface area contributed by atoms with Crippen molar-refractivity contribution in [1.29, 1.82) is 0 Å². The van der Waals surface area contributed by atoms with Gasteiger partial charge in [-0.15, -0.1) is 0 Å². The third kappa shape index (κ3) is 4.72. The third-order valence-electron chi connectivity index (χ3n) is 5.02. The summed E-state index contributed by atoms with van der Waals surface area (Å²) in [7, 11) is 0. The molecule has 1 heterocycles. The minimum Gasteiger partial charge on any atom is -0.398 e. The van der Waals surface area contributed by atoms with Gasteiger partial charge in [0.2, 0.25) is 0 Å². The van der Waals surface area contributed by atoms with Crippen molar-refractivity contribution in [3.8, 4) is 0 Å². The van der Waals surface area contributed by atoms with Crippen LogP contribution in [0.3, 0.4) is 0 Å². The number of nitrogens with two attached hydrogens (primary N) is 2. The summed E-state index contributed by atoms with van der Waals surface area (Å²) in [6.07, 6.45) is -4.35. The molecule has 5 nitrogen and oxygen atoms in total. The van der Waals surface area contributed by atoms with Gasteiger partial charge in [-0.3, -0.25) is 0 Å². The Balaban J connectivity index is 1.84. The third-order valence-corrected chi connectivity index (χ3v) is 5.02. The zero-order chi connectivity index (χ0) is 23.6. The Labute approximate surface area is 187 Å². The quantitative estimate of drug-likeness (QED) is 0.229. The average molecular weight is 453 g/mol. The molecule has 1 aliphatic heterocycles. The molecule has 1 aliphatic rings. The van der Waals surface area contributed by atoms with Crippen LogP contribution in [0.2, 0.25) is 0 Å². The minimum absolute atomic E-state index is 0.0229. The number of alkyl halides is 3. The van der Waals surface area contributed by atoms with E-state index in [1.807, 2.05) is 0 Å². The van der Waals surface area contributed by atoms with E-state index in [1.165, 1.54) is 42.5 Å². The SMILES string of the molecule is NC(=NC1=NC(c2ccccc2C(F)(F)F)NC(c2ccccc2F)=C1)c1ccccc1N. The molecular weight excluding hydrogens is 434 g/mol. The molecule has 1 atom stereocenters. The van der Waals surface area contributed by atoms with Gasteiger partial charge in [-0.2, -0.15) is 13.2 Å². The lowest BCUT2D eigenvalue weighted by Gasteiger charge is -2.26. The second-order valence-corrected chi connectivity index (χ2v) is 7.24. The van der Waals surface area contributed by atoms with Crippen LogP contribution in [0, 0.1) is 5.82 Å². The molecule has 0 aromatic heterocycles. The maximum Gasteiger partial charge on any atom is 0.416 e. The van der Waals surface area contributed by atoms with Gasteiger partial charge in [-0.1, -0.05) is 42.5 Å². The number of rotatable bonds is 3. The Kier molecular flexibility index (Phi) is 5.87. The average Bonchev–Trinajstić information content (AvgIpc) is 2.79. The number of para-hydroxylation sites is 1. The van der Waals surface area contributed by atoms with E-state index in [4.69, 9.17) is 11.5 Å². The smallest absolute Gasteiger partial charge is 0.398 e. The summed E-state index contributed by atoms with van der Waals surface area (Å²) in [5, 5.41) is 2.89. The number of nitrogen functional groups attached to an aromatic ring is 1. The number of halogens is 4. The summed E-state index contributed by atoms with van der Waals surface area (Å²) in [5.74, 6) is -0.500. The number of hydrogen-bond acceptors (Lipinski definition) is 4. The Bertz CT molecular complexity index is 1270. The number of benzene rings is 3. The van der Waals surface area contributed by atoms with E-state index in [1.54, 1.807) is 30.3 Å². The monoisotopic (exact) mass is 453 g/mol. The first-order valence-corrected chi connectivity index (χ1v) is 9.90. The van der Waals surface area contributed by atoms with Crippen LogP contribution in [0.4, 0.5) is 23.2 Å². The van der Waals surface area contributed by atoms with Crippen molar-refractivity contribution in [3.05, 3.63) is 107 Å². The molecule has 4 rings (SSSR count). The molecule has 9 heteroatoms. The van der Waals surface area contributed by atoms with Crippen LogP contribution >= 0.6 is 0 Å². The zero-order valence-electron chi connectivity index (χ0n) is 17.1. The lowest BCUT2D eigenvalue weighted by Crippen LogP contribution is -2.27. The second kappa shape index (κ2) is 8.78. The van der Waals surface area contributed by atoms with E-state index < -0.39 is 23.7 Å². The number of nitrogens with zero attached hydrogens (tertiary/aromatic N) is 2. The largest absolute Gasteiger partial charge is 0.416 e. The van der Waals surface area contributed by atoms with Gasteiger partial charge in [-0.05, 0) is 30.3 Å². The summed E-state index contributed by atoms with van der Waals surface area (Å²) in [6.45, 7) is 0. The van der Waals surface area contributed by atoms with Crippen molar-refractivity contribution in [2.75, 3.05) is 5.73 Å². The van der Waals surface area contributed by atoms with Gasteiger partial charge in [0.15, 0.2) is 5.84 Å². The molecule has 1 unspecified atom stereocenters. The maximum atomic E-state index is 14.5. The van der Waals surface area contributed by atoms with E-state index in [2.05, 4.69) is 15.3 Å². The first-order valence-electron chi connectivity index (χ1n) is 9.90. The van der Waals surface area contributed by atoms with Crippen LogP contribution in [0.15, 0.2) is 88.9 Å². The van der Waals surface area contributed by atoms with Crippen molar-refractivity contribution in [3.63, 3.8) is 0 Å². The second-order valence-electron chi connectivity index (χ2n) is 7.24. The van der Waals surface area contributed by atoms with Gasteiger partial charge in [0, 0.05) is 34.2 Å². The molecule has 0 aliphatic carbocycles. The van der Waals surface area contributed by atoms with E-state index in [0.717, 1.165) is 6.07 Å². The van der Waals surface area contributed by atoms with Gasteiger partial charge >= 0.3 is 6.18 Å². The number of amidine groups is 2. The predicted octanol–water partition coefficient (Wildman–Crippen LogP) is 4.87. The number of hydrogen-bond donors (Lipinski definition) is 3. The molecule has 0 spiro atoms. The van der Waals surface area contributed by atoms with Crippen molar-refractivity contribution >= 4 is 23.1 Å². The molecule has 5 N–H and O–H groups in total. The highest BCUT2D eigenvalue weighted by Crippen LogP contribution is 2.36. The number of nitrogens with one attached hydrogen (secondary N) is 1. The molecule has 3 aromatic carbocycles. The van der Waals surface area contributed by atoms with Crippen molar-refractivity contribution in [1.82, 2.24) is 5.32 Å². The molecule has 0 saturated heterocycles. The zero-order valence-corrected chi connectivity index (χ0v) is 17.1. The fourth-order valence-electron chi connectivity index (χ4n) is 3.47. The Morgan fingerprint density at radius 1 is 0.939 bits per heavy atom. The molecular formula is C24H19F4N5. The van der Waals surface area contributed by atoms with Crippen LogP contribution in [-0.2, 0) is 6.18 Å². The lowest BCUT2D eigenvalue weighted by molar-refractivity contribution is -0.138. The van der Waals surface area contributed by atoms with Crippen LogP contribution in [0.25, 0.3) is 5.70 Å². The standard InChI is InChI=1S/C24H19F4N5/c25-18-11-5-2-8-15(18)20-13-21(32-22(30)16-9-3-6-12-19(16)29)33-23(31-20)14-7-1-4-10-17(14)24(26,27)28/h1-13,23,31H,29H2,(H2,30,32,33). The fraction of sp³-hybridized carbons (Fsp3) is 0.0833. The Hall–Kier alpha value is -4.14. The molecule has 0 fully saturated rings. The topological polar surface area (TPSA) is 88.8 Å². The van der Waals surface area contributed by atoms with Crippen molar-refractivity contribution in [2.45, 2.75) is 12.3 Å². The summed E-state index contributed by atoms with van der Waals surface area (Å²) in [5.41, 5.74) is 12.3. The van der Waals surface area contributed by atoms with Gasteiger partial charge in [0.1, 0.15) is 17.8 Å². The first kappa shape index (κ1) is 22.1. The van der Waals surface area contributed by atoms with Gasteiger partial charge < -0.3 is 16.8 Å². The van der Waals surface area contributed by atoms with E-state index >= 15 is 0 Å². The number of anilines is 1. The van der Waals surface area contributed by atoms with Crippen LogP contribution in [0.5, 0.6) is 0 Å². The summed E-state index contributed by atoms with van der Waals surface area (Å²) in [4.78, 5) is 8.61. The molecule has 0 saturated carbocycles. The molecule has 168 valence electrons. The Morgan fingerprint density at radius 3 is 2.33 bits per heavy atom. The number of aliphatic imine (C=N–C) groups is 2. The van der Waals surface area contributed by atoms with Crippen LogP contribution < -0.4 is 16.8 Å². The van der Waals surface area contributed by atoms with Crippen molar-refractivity contribution < 1.29 is 17.6 Å². The van der Waals surface area contributed by atoms with Crippen LogP contribution in [-0.4, -0.2) is 11.7 Å². The van der Waals surface area contributed by atoms with Crippen molar-refractivity contribution in [2.24, 2.45) is 15.7 Å². The summed E-state index contributed by atoms with van der Waals surface area (Å²) in [6, 6.07) is 17.7. The van der Waals surface area contributed by atoms with E-state index in [9.17, 15) is 17.6 Å². The summed E-state index contributed by atoms with van der Waals surface area (Å²) >= 11 is 0. The van der Waals surface area contributed by atoms with Gasteiger partial charge in [-0.25, -0.2) is 14.4 Å². The highest BCUT2D eigenvalue weighted by Gasteiger charge is 2.36. The van der Waals surface area contributed by atoms with Gasteiger partial charge in [0.05, 0.1) is 5.56 Å². The normalized spacial score (nSPS) is 16.6. The first-order chi connectivity index (χ1) is 15.7. The molecule has 3 aromatic rings. The van der Waals surface area contributed by atoms with E-state index in [-0.39, 0.29) is 28.5 Å². The van der Waals surface area contributed by atoms with E-state index in [0.29, 0.717) is 11.3 Å². The highest BCUT2D eigenvalue weighted by atomic mass is 19.4. The predicted molar refractivity (Wildman–Crippen MR) is 121 cm³/mol. The molecule has 0 bridgehead atoms. The van der Waals surface area contributed by atoms with Crippen LogP contribution in [0.1, 0.15) is 28.4 Å². The highest BCUT2D eigenvalue weighted by molar-refractivity contribution is 6.12. The molecule has 0 amide bonds. The summed E-state index contributed by atoms with van der Waals surface area (Å²) < 4.78 is 55.4. The van der Waals surface area contributed by atoms with Gasteiger partial charge in [0.25, 0.3) is 0 Å². The lowest BCUT2D eigenvalue weighted by atomic mass is 10.0. The Morgan fingerprint density at radius 2 is 1.61 bits per heavy atom. The molecule has 0 radical (unpaired) electrons. The maximum absolute atomic E-state index is 14.5. The molecule has 33 heavy (non-hydrogen) atoms. The minimum atomic E-state index is -4.60.